The number of benzene rings is 1. The van der Waals surface area contributed by atoms with Crippen LogP contribution in [-0.2, 0) is 9.47 Å². The Labute approximate surface area is 150 Å². The number of ether oxygens (including phenoxy) is 3. The van der Waals surface area contributed by atoms with Gasteiger partial charge in [0.2, 0.25) is 0 Å². The Morgan fingerprint density at radius 3 is 2.40 bits per heavy atom. The van der Waals surface area contributed by atoms with E-state index in [9.17, 15) is 9.59 Å². The van der Waals surface area contributed by atoms with Crippen LogP contribution in [0.2, 0.25) is 0 Å². The van der Waals surface area contributed by atoms with Crippen LogP contribution < -0.4 is 10.1 Å². The van der Waals surface area contributed by atoms with Crippen LogP contribution in [0.15, 0.2) is 30.3 Å². The summed E-state index contributed by atoms with van der Waals surface area (Å²) in [5.41, 5.74) is 0.798. The summed E-state index contributed by atoms with van der Waals surface area (Å²) in [4.78, 5) is 24.8. The van der Waals surface area contributed by atoms with Crippen molar-refractivity contribution in [3.8, 4) is 16.2 Å². The molecule has 2 rings (SSSR count). The van der Waals surface area contributed by atoms with Crippen LogP contribution in [0.3, 0.4) is 0 Å². The van der Waals surface area contributed by atoms with E-state index < -0.39 is 11.7 Å². The van der Waals surface area contributed by atoms with Crippen molar-refractivity contribution in [3.05, 3.63) is 35.2 Å². The van der Waals surface area contributed by atoms with Crippen molar-refractivity contribution in [2.24, 2.45) is 0 Å². The van der Waals surface area contributed by atoms with E-state index in [1.165, 1.54) is 18.4 Å². The number of carbonyl (C=O) groups excluding carboxylic acids is 2. The molecule has 2 aromatic rings. The van der Waals surface area contributed by atoms with Crippen LogP contribution in [0.4, 0.5) is 10.5 Å². The van der Waals surface area contributed by atoms with Gasteiger partial charge >= 0.3 is 12.1 Å². The van der Waals surface area contributed by atoms with E-state index in [1.54, 1.807) is 46.1 Å². The van der Waals surface area contributed by atoms with Crippen molar-refractivity contribution in [3.63, 3.8) is 0 Å². The van der Waals surface area contributed by atoms with E-state index in [2.05, 4.69) is 5.32 Å². The maximum Gasteiger partial charge on any atom is 0.412 e. The third kappa shape index (κ3) is 4.96. The number of amides is 1. The number of anilines is 1. The van der Waals surface area contributed by atoms with Gasteiger partial charge in [-0.05, 0) is 45.0 Å². The molecule has 1 amide bonds. The summed E-state index contributed by atoms with van der Waals surface area (Å²) in [5, 5.41) is 2.67. The minimum absolute atomic E-state index is 0.376. The first-order valence-electron chi connectivity index (χ1n) is 7.60. The van der Waals surface area contributed by atoms with Gasteiger partial charge in [-0.3, -0.25) is 5.32 Å². The van der Waals surface area contributed by atoms with Crippen molar-refractivity contribution in [2.75, 3.05) is 19.5 Å². The molecule has 0 radical (unpaired) electrons. The lowest BCUT2D eigenvalue weighted by Gasteiger charge is -2.20. The maximum absolute atomic E-state index is 11.9. The second-order valence-corrected chi connectivity index (χ2v) is 7.28. The molecule has 1 N–H and O–H groups in total. The third-order valence-electron chi connectivity index (χ3n) is 3.10. The lowest BCUT2D eigenvalue weighted by Crippen LogP contribution is -2.27. The number of nitrogens with one attached hydrogen (secondary N) is 1. The first-order valence-corrected chi connectivity index (χ1v) is 8.41. The molecular formula is C18H21NO5S. The molecule has 1 heterocycles. The Balaban J connectivity index is 2.23. The first kappa shape index (κ1) is 18.8. The molecule has 0 unspecified atom stereocenters. The van der Waals surface area contributed by atoms with Gasteiger partial charge in [-0.2, -0.15) is 0 Å². The van der Waals surface area contributed by atoms with Crippen molar-refractivity contribution in [1.82, 2.24) is 0 Å². The molecule has 0 atom stereocenters. The Bertz CT molecular complexity index is 776. The van der Waals surface area contributed by atoms with Gasteiger partial charge in [-0.1, -0.05) is 0 Å². The van der Waals surface area contributed by atoms with Crippen LogP contribution in [-0.4, -0.2) is 31.9 Å². The standard InChI is InChI=1S/C18H21NO5S/c1-18(2,3)24-17(21)19-11-6-7-12(13(10-11)22-4)14-8-9-15(25-14)16(20)23-5/h6-10H,1-5H3,(H,19,21). The highest BCUT2D eigenvalue weighted by Gasteiger charge is 2.18. The summed E-state index contributed by atoms with van der Waals surface area (Å²) in [7, 11) is 2.89. The number of esters is 1. The minimum Gasteiger partial charge on any atom is -0.496 e. The SMILES string of the molecule is COC(=O)c1ccc(-c2ccc(NC(=O)OC(C)(C)C)cc2OC)s1. The lowest BCUT2D eigenvalue weighted by atomic mass is 10.1. The van der Waals surface area contributed by atoms with Crippen LogP contribution in [0.5, 0.6) is 5.75 Å². The van der Waals surface area contributed by atoms with E-state index in [4.69, 9.17) is 14.2 Å². The average molecular weight is 363 g/mol. The van der Waals surface area contributed by atoms with Gasteiger partial charge < -0.3 is 14.2 Å². The largest absolute Gasteiger partial charge is 0.496 e. The van der Waals surface area contributed by atoms with Crippen molar-refractivity contribution >= 4 is 29.1 Å². The fraction of sp³-hybridized carbons (Fsp3) is 0.333. The zero-order valence-electron chi connectivity index (χ0n) is 14.8. The highest BCUT2D eigenvalue weighted by Crippen LogP contribution is 2.37. The summed E-state index contributed by atoms with van der Waals surface area (Å²) < 4.78 is 15.4. The molecule has 6 nitrogen and oxygen atoms in total. The molecule has 0 saturated heterocycles. The van der Waals surface area contributed by atoms with Crippen molar-refractivity contribution in [2.45, 2.75) is 26.4 Å². The molecule has 1 aromatic heterocycles. The molecule has 0 fully saturated rings. The number of rotatable bonds is 4. The van der Waals surface area contributed by atoms with Crippen molar-refractivity contribution < 1.29 is 23.8 Å². The van der Waals surface area contributed by atoms with E-state index in [0.717, 1.165) is 10.4 Å². The molecule has 25 heavy (non-hydrogen) atoms. The first-order chi connectivity index (χ1) is 11.7. The zero-order valence-corrected chi connectivity index (χ0v) is 15.7. The highest BCUT2D eigenvalue weighted by atomic mass is 32.1. The van der Waals surface area contributed by atoms with Gasteiger partial charge in [0.05, 0.1) is 14.2 Å². The molecular weight excluding hydrogens is 342 g/mol. The predicted molar refractivity (Wildman–Crippen MR) is 97.5 cm³/mol. The quantitative estimate of drug-likeness (QED) is 0.806. The van der Waals surface area contributed by atoms with Crippen LogP contribution >= 0.6 is 11.3 Å². The van der Waals surface area contributed by atoms with Gasteiger partial charge in [0.25, 0.3) is 0 Å². The molecule has 0 saturated carbocycles. The lowest BCUT2D eigenvalue weighted by molar-refractivity contribution is 0.0603. The number of carbonyl (C=O) groups is 2. The Morgan fingerprint density at radius 1 is 1.08 bits per heavy atom. The van der Waals surface area contributed by atoms with Crippen LogP contribution in [0.25, 0.3) is 10.4 Å². The molecule has 0 aliphatic carbocycles. The number of thiophene rings is 1. The number of hydrogen-bond donors (Lipinski definition) is 1. The monoisotopic (exact) mass is 363 g/mol. The molecule has 7 heteroatoms. The number of methoxy groups -OCH3 is 2. The minimum atomic E-state index is -0.574. The van der Waals surface area contributed by atoms with Crippen molar-refractivity contribution in [1.29, 1.82) is 0 Å². The van der Waals surface area contributed by atoms with Gasteiger partial charge in [0.15, 0.2) is 0 Å². The molecule has 1 aromatic carbocycles. The summed E-state index contributed by atoms with van der Waals surface area (Å²) in [6, 6.07) is 8.81. The normalized spacial score (nSPS) is 10.9. The fourth-order valence-corrected chi connectivity index (χ4v) is 3.04. The Kier molecular flexibility index (Phi) is 5.69. The van der Waals surface area contributed by atoms with E-state index in [-0.39, 0.29) is 5.97 Å². The molecule has 0 aliphatic heterocycles. The highest BCUT2D eigenvalue weighted by molar-refractivity contribution is 7.17. The molecule has 0 aliphatic rings. The third-order valence-corrected chi connectivity index (χ3v) is 4.20. The molecule has 0 bridgehead atoms. The van der Waals surface area contributed by atoms with Crippen LogP contribution in [0, 0.1) is 0 Å². The van der Waals surface area contributed by atoms with Gasteiger partial charge in [0, 0.05) is 22.2 Å². The fourth-order valence-electron chi connectivity index (χ4n) is 2.09. The van der Waals surface area contributed by atoms with Gasteiger partial charge in [-0.15, -0.1) is 11.3 Å². The summed E-state index contributed by atoms with van der Waals surface area (Å²) in [6.07, 6.45) is -0.536. The van der Waals surface area contributed by atoms with Gasteiger partial charge in [0.1, 0.15) is 16.2 Å². The second kappa shape index (κ2) is 7.57. The molecule has 0 spiro atoms. The Hall–Kier alpha value is -2.54. The van der Waals surface area contributed by atoms with E-state index in [0.29, 0.717) is 16.3 Å². The van der Waals surface area contributed by atoms with Crippen LogP contribution in [0.1, 0.15) is 30.4 Å². The zero-order chi connectivity index (χ0) is 18.6. The number of hydrogen-bond acceptors (Lipinski definition) is 6. The predicted octanol–water partition coefficient (Wildman–Crippen LogP) is 4.56. The second-order valence-electron chi connectivity index (χ2n) is 6.20. The van der Waals surface area contributed by atoms with Gasteiger partial charge in [-0.25, -0.2) is 9.59 Å². The summed E-state index contributed by atoms with van der Waals surface area (Å²) in [6.45, 7) is 5.39. The van der Waals surface area contributed by atoms with E-state index >= 15 is 0 Å². The smallest absolute Gasteiger partial charge is 0.412 e. The Morgan fingerprint density at radius 2 is 1.80 bits per heavy atom. The topological polar surface area (TPSA) is 73.9 Å². The average Bonchev–Trinajstić information content (AvgIpc) is 3.01. The molecule has 134 valence electrons. The summed E-state index contributed by atoms with van der Waals surface area (Å²) in [5.74, 6) is 0.199. The summed E-state index contributed by atoms with van der Waals surface area (Å²) >= 11 is 1.31. The van der Waals surface area contributed by atoms with E-state index in [1.807, 2.05) is 12.1 Å². The maximum atomic E-state index is 11.9.